The number of rotatable bonds is 5. The number of carbonyl (C=O) groups excluding carboxylic acids is 2. The number of carbonyl (C=O) groups is 4. The summed E-state index contributed by atoms with van der Waals surface area (Å²) in [6.45, 7) is 1.22. The smallest absolute Gasteiger partial charge is 0.322 e. The number of piperidine rings is 1. The van der Waals surface area contributed by atoms with E-state index in [-0.39, 0.29) is 12.1 Å². The van der Waals surface area contributed by atoms with Gasteiger partial charge in [0, 0.05) is 31.4 Å². The molecule has 3 amide bonds. The van der Waals surface area contributed by atoms with E-state index in [0.29, 0.717) is 32.5 Å². The molecular weight excluding hydrogens is 354 g/mol. The van der Waals surface area contributed by atoms with Crippen LogP contribution < -0.4 is 5.32 Å². The molecule has 27 heavy (non-hydrogen) atoms. The number of urea groups is 1. The van der Waals surface area contributed by atoms with E-state index in [4.69, 9.17) is 10.2 Å². The highest BCUT2D eigenvalue weighted by Gasteiger charge is 2.35. The minimum atomic E-state index is -1.74. The number of para-hydroxylation sites is 1. The SMILES string of the molecule is O=C(O)C(CC(=O)N1CCC(N2Cc3ccccc3NC2=O)CC1)C(=O)O. The molecule has 3 N–H and O–H groups in total. The van der Waals surface area contributed by atoms with Crippen molar-refractivity contribution in [2.24, 2.45) is 5.92 Å². The fourth-order valence-corrected chi connectivity index (χ4v) is 3.53. The Morgan fingerprint density at radius 1 is 1.11 bits per heavy atom. The predicted octanol–water partition coefficient (Wildman–Crippen LogP) is 1.20. The van der Waals surface area contributed by atoms with E-state index in [2.05, 4.69) is 5.32 Å². The molecule has 2 aliphatic heterocycles. The molecule has 0 bridgehead atoms. The van der Waals surface area contributed by atoms with E-state index in [1.807, 2.05) is 24.3 Å². The molecule has 1 fully saturated rings. The third-order valence-corrected chi connectivity index (χ3v) is 5.09. The molecule has 9 heteroatoms. The molecule has 2 heterocycles. The Bertz CT molecular complexity index is 758. The van der Waals surface area contributed by atoms with Crippen molar-refractivity contribution < 1.29 is 29.4 Å². The van der Waals surface area contributed by atoms with Crippen molar-refractivity contribution in [3.63, 3.8) is 0 Å². The molecule has 1 aromatic rings. The van der Waals surface area contributed by atoms with Crippen LogP contribution in [-0.4, -0.2) is 63.0 Å². The van der Waals surface area contributed by atoms with Crippen molar-refractivity contribution in [3.8, 4) is 0 Å². The van der Waals surface area contributed by atoms with Gasteiger partial charge >= 0.3 is 18.0 Å². The zero-order chi connectivity index (χ0) is 19.6. The monoisotopic (exact) mass is 375 g/mol. The highest BCUT2D eigenvalue weighted by Crippen LogP contribution is 2.27. The number of hydrogen-bond acceptors (Lipinski definition) is 4. The molecule has 0 radical (unpaired) electrons. The maximum Gasteiger partial charge on any atom is 0.322 e. The van der Waals surface area contributed by atoms with Crippen LogP contribution in [0, 0.1) is 5.92 Å². The van der Waals surface area contributed by atoms with Crippen molar-refractivity contribution in [1.82, 2.24) is 9.80 Å². The summed E-state index contributed by atoms with van der Waals surface area (Å²) < 4.78 is 0. The van der Waals surface area contributed by atoms with Crippen molar-refractivity contribution in [3.05, 3.63) is 29.8 Å². The Kier molecular flexibility index (Phi) is 5.29. The average molecular weight is 375 g/mol. The Labute approximate surface area is 155 Å². The third-order valence-electron chi connectivity index (χ3n) is 5.09. The number of carboxylic acid groups (broad SMARTS) is 2. The first kappa shape index (κ1) is 18.7. The fourth-order valence-electron chi connectivity index (χ4n) is 3.53. The number of benzene rings is 1. The van der Waals surface area contributed by atoms with Gasteiger partial charge in [-0.15, -0.1) is 0 Å². The Balaban J connectivity index is 1.57. The first-order valence-electron chi connectivity index (χ1n) is 8.75. The Morgan fingerprint density at radius 3 is 2.37 bits per heavy atom. The summed E-state index contributed by atoms with van der Waals surface area (Å²) >= 11 is 0. The lowest BCUT2D eigenvalue weighted by Crippen LogP contribution is -2.51. The van der Waals surface area contributed by atoms with Gasteiger partial charge in [-0.1, -0.05) is 18.2 Å². The molecule has 2 aliphatic rings. The van der Waals surface area contributed by atoms with Gasteiger partial charge in [-0.25, -0.2) is 4.79 Å². The number of nitrogens with one attached hydrogen (secondary N) is 1. The normalized spacial score (nSPS) is 17.4. The van der Waals surface area contributed by atoms with E-state index in [0.717, 1.165) is 11.3 Å². The summed E-state index contributed by atoms with van der Waals surface area (Å²) in [6, 6.07) is 7.38. The largest absolute Gasteiger partial charge is 0.481 e. The molecule has 0 aromatic heterocycles. The van der Waals surface area contributed by atoms with Crippen LogP contribution in [0.5, 0.6) is 0 Å². The topological polar surface area (TPSA) is 127 Å². The van der Waals surface area contributed by atoms with Gasteiger partial charge in [0.15, 0.2) is 5.92 Å². The van der Waals surface area contributed by atoms with Gasteiger partial charge in [-0.3, -0.25) is 14.4 Å². The summed E-state index contributed by atoms with van der Waals surface area (Å²) in [6.07, 6.45) is 0.561. The van der Waals surface area contributed by atoms with Crippen LogP contribution in [0.15, 0.2) is 24.3 Å². The highest BCUT2D eigenvalue weighted by molar-refractivity contribution is 5.97. The van der Waals surface area contributed by atoms with Crippen LogP contribution in [0.3, 0.4) is 0 Å². The van der Waals surface area contributed by atoms with Gasteiger partial charge < -0.3 is 25.3 Å². The molecule has 0 unspecified atom stereocenters. The second kappa shape index (κ2) is 7.65. The van der Waals surface area contributed by atoms with Gasteiger partial charge in [0.05, 0.1) is 6.42 Å². The fraction of sp³-hybridized carbons (Fsp3) is 0.444. The van der Waals surface area contributed by atoms with Crippen LogP contribution in [0.1, 0.15) is 24.8 Å². The molecule has 0 saturated carbocycles. The number of fused-ring (bicyclic) bond motifs is 1. The molecule has 1 saturated heterocycles. The predicted molar refractivity (Wildman–Crippen MR) is 94.0 cm³/mol. The second-order valence-electron chi connectivity index (χ2n) is 6.76. The van der Waals surface area contributed by atoms with Crippen LogP contribution in [0.4, 0.5) is 10.5 Å². The number of hydrogen-bond donors (Lipinski definition) is 3. The van der Waals surface area contributed by atoms with Gasteiger partial charge in [0.25, 0.3) is 0 Å². The van der Waals surface area contributed by atoms with Crippen molar-refractivity contribution in [2.75, 3.05) is 18.4 Å². The van der Waals surface area contributed by atoms with Crippen LogP contribution in [0.25, 0.3) is 0 Å². The third kappa shape index (κ3) is 4.02. The van der Waals surface area contributed by atoms with Crippen LogP contribution >= 0.6 is 0 Å². The summed E-state index contributed by atoms with van der Waals surface area (Å²) in [5.41, 5.74) is 1.83. The molecule has 9 nitrogen and oxygen atoms in total. The number of carboxylic acids is 2. The standard InChI is InChI=1S/C18H21N3O6/c22-15(9-13(16(23)24)17(25)26)20-7-5-12(6-8-20)21-10-11-3-1-2-4-14(11)19-18(21)27/h1-4,12-13H,5-10H2,(H,19,27)(H,23,24)(H,25,26). The van der Waals surface area contributed by atoms with E-state index in [1.165, 1.54) is 4.90 Å². The minimum absolute atomic E-state index is 0.0304. The molecule has 0 atom stereocenters. The number of anilines is 1. The molecule has 1 aromatic carbocycles. The highest BCUT2D eigenvalue weighted by atomic mass is 16.4. The molecule has 0 spiro atoms. The summed E-state index contributed by atoms with van der Waals surface area (Å²) in [4.78, 5) is 49.7. The zero-order valence-corrected chi connectivity index (χ0v) is 14.6. The van der Waals surface area contributed by atoms with Crippen molar-refractivity contribution in [2.45, 2.75) is 31.8 Å². The van der Waals surface area contributed by atoms with Crippen molar-refractivity contribution >= 4 is 29.6 Å². The lowest BCUT2D eigenvalue weighted by molar-refractivity contribution is -0.158. The molecule has 0 aliphatic carbocycles. The van der Waals surface area contributed by atoms with E-state index >= 15 is 0 Å². The Morgan fingerprint density at radius 2 is 1.74 bits per heavy atom. The average Bonchev–Trinajstić information content (AvgIpc) is 2.65. The number of amides is 3. The van der Waals surface area contributed by atoms with Gasteiger partial charge in [-0.05, 0) is 24.5 Å². The Hall–Kier alpha value is -3.10. The van der Waals surface area contributed by atoms with Gasteiger partial charge in [0.1, 0.15) is 0 Å². The first-order chi connectivity index (χ1) is 12.9. The van der Waals surface area contributed by atoms with Gasteiger partial charge in [-0.2, -0.15) is 0 Å². The number of likely N-dealkylation sites (tertiary alicyclic amines) is 1. The van der Waals surface area contributed by atoms with E-state index < -0.39 is 30.2 Å². The lowest BCUT2D eigenvalue weighted by atomic mass is 9.99. The molecular formula is C18H21N3O6. The van der Waals surface area contributed by atoms with Gasteiger partial charge in [0.2, 0.25) is 5.91 Å². The summed E-state index contributed by atoms with van der Waals surface area (Å²) in [7, 11) is 0. The van der Waals surface area contributed by atoms with E-state index in [1.54, 1.807) is 4.90 Å². The van der Waals surface area contributed by atoms with Crippen LogP contribution in [-0.2, 0) is 20.9 Å². The van der Waals surface area contributed by atoms with Crippen LogP contribution in [0.2, 0.25) is 0 Å². The lowest BCUT2D eigenvalue weighted by Gasteiger charge is -2.40. The quantitative estimate of drug-likeness (QED) is 0.664. The molecule has 3 rings (SSSR count). The summed E-state index contributed by atoms with van der Waals surface area (Å²) in [5.74, 6) is -5.26. The second-order valence-corrected chi connectivity index (χ2v) is 6.76. The number of aliphatic carboxylic acids is 2. The first-order valence-corrected chi connectivity index (χ1v) is 8.75. The molecule has 144 valence electrons. The zero-order valence-electron chi connectivity index (χ0n) is 14.6. The van der Waals surface area contributed by atoms with Crippen molar-refractivity contribution in [1.29, 1.82) is 0 Å². The number of nitrogens with zero attached hydrogens (tertiary/aromatic N) is 2. The summed E-state index contributed by atoms with van der Waals surface area (Å²) in [5, 5.41) is 20.7. The minimum Gasteiger partial charge on any atom is -0.481 e. The van der Waals surface area contributed by atoms with E-state index in [9.17, 15) is 19.2 Å². The maximum absolute atomic E-state index is 12.4. The maximum atomic E-state index is 12.4.